The molecule has 3 aliphatic heterocycles. The van der Waals surface area contributed by atoms with Gasteiger partial charge in [-0.25, -0.2) is 4.79 Å². The lowest BCUT2D eigenvalue weighted by Crippen LogP contribution is -2.60. The number of piperidine rings is 1. The van der Waals surface area contributed by atoms with Gasteiger partial charge in [0.15, 0.2) is 0 Å². The second-order valence-electron chi connectivity index (χ2n) is 7.75. The Labute approximate surface area is 145 Å². The van der Waals surface area contributed by atoms with Gasteiger partial charge in [-0.3, -0.25) is 4.90 Å². The zero-order valence-corrected chi connectivity index (χ0v) is 15.1. The van der Waals surface area contributed by atoms with E-state index in [0.29, 0.717) is 19.7 Å². The van der Waals surface area contributed by atoms with Crippen LogP contribution in [0.3, 0.4) is 0 Å². The van der Waals surface area contributed by atoms with Crippen molar-refractivity contribution in [2.24, 2.45) is 0 Å². The van der Waals surface area contributed by atoms with E-state index in [0.717, 1.165) is 45.5 Å². The number of hydrogen-bond donors (Lipinski definition) is 1. The summed E-state index contributed by atoms with van der Waals surface area (Å²) >= 11 is 0. The van der Waals surface area contributed by atoms with Crippen molar-refractivity contribution >= 4 is 6.03 Å². The molecule has 2 amide bonds. The molecule has 6 nitrogen and oxygen atoms in total. The lowest BCUT2D eigenvalue weighted by molar-refractivity contribution is -0.137. The predicted molar refractivity (Wildman–Crippen MR) is 93.1 cm³/mol. The molecule has 0 radical (unpaired) electrons. The van der Waals surface area contributed by atoms with Gasteiger partial charge in [-0.15, -0.1) is 0 Å². The van der Waals surface area contributed by atoms with Gasteiger partial charge in [-0.1, -0.05) is 12.2 Å². The molecule has 3 aliphatic rings. The summed E-state index contributed by atoms with van der Waals surface area (Å²) in [7, 11) is 0. The number of nitrogens with one attached hydrogen (secondary N) is 1. The Kier molecular flexibility index (Phi) is 5.47. The number of carbonyl (C=O) groups is 1. The molecule has 0 aliphatic carbocycles. The number of rotatable bonds is 3. The normalized spacial score (nSPS) is 32.2. The molecule has 136 valence electrons. The SMILES string of the molecule is C=C(C)CN1CCC(NC(=O)N2C[C@H](C)O[C@@]3(CCOC3)C2)CC1. The molecule has 1 N–H and O–H groups in total. The van der Waals surface area contributed by atoms with Crippen LogP contribution in [-0.2, 0) is 9.47 Å². The Hall–Kier alpha value is -1.11. The highest BCUT2D eigenvalue weighted by Crippen LogP contribution is 2.30. The zero-order valence-electron chi connectivity index (χ0n) is 15.1. The number of carbonyl (C=O) groups excluding carboxylic acids is 1. The number of morpholine rings is 1. The summed E-state index contributed by atoms with van der Waals surface area (Å²) in [6.45, 7) is 13.7. The molecule has 0 unspecified atom stereocenters. The molecule has 0 saturated carbocycles. The predicted octanol–water partition coefficient (Wildman–Crippen LogP) is 1.62. The molecule has 24 heavy (non-hydrogen) atoms. The molecule has 0 bridgehead atoms. The van der Waals surface area contributed by atoms with E-state index in [4.69, 9.17) is 9.47 Å². The fourth-order valence-electron chi connectivity index (χ4n) is 4.07. The fraction of sp³-hybridized carbons (Fsp3) is 0.833. The monoisotopic (exact) mass is 337 g/mol. The van der Waals surface area contributed by atoms with Gasteiger partial charge in [-0.05, 0) is 26.7 Å². The topological polar surface area (TPSA) is 54.0 Å². The van der Waals surface area contributed by atoms with Crippen LogP contribution in [0, 0.1) is 0 Å². The first kappa shape index (κ1) is 17.7. The van der Waals surface area contributed by atoms with Gasteiger partial charge in [-0.2, -0.15) is 0 Å². The van der Waals surface area contributed by atoms with Crippen molar-refractivity contribution in [1.29, 1.82) is 0 Å². The first-order chi connectivity index (χ1) is 11.5. The maximum Gasteiger partial charge on any atom is 0.317 e. The van der Waals surface area contributed by atoms with E-state index < -0.39 is 0 Å². The van der Waals surface area contributed by atoms with E-state index in [9.17, 15) is 4.79 Å². The van der Waals surface area contributed by atoms with Crippen LogP contribution in [0.4, 0.5) is 4.79 Å². The minimum absolute atomic E-state index is 0.0507. The number of nitrogens with zero attached hydrogens (tertiary/aromatic N) is 2. The number of likely N-dealkylation sites (tertiary alicyclic amines) is 1. The van der Waals surface area contributed by atoms with E-state index in [-0.39, 0.29) is 23.8 Å². The standard InChI is InChI=1S/C18H31N3O3/c1-14(2)10-20-7-4-16(5-8-20)19-17(22)21-11-15(3)24-18(12-21)6-9-23-13-18/h15-16H,1,4-13H2,2-3H3,(H,19,22)/t15-,18-/m0/s1. The minimum atomic E-state index is -0.292. The van der Waals surface area contributed by atoms with Gasteiger partial charge in [0, 0.05) is 45.2 Å². The Bertz CT molecular complexity index is 468. The summed E-state index contributed by atoms with van der Waals surface area (Å²) in [6.07, 6.45) is 2.95. The molecule has 0 aromatic carbocycles. The Morgan fingerprint density at radius 3 is 2.75 bits per heavy atom. The largest absolute Gasteiger partial charge is 0.378 e. The van der Waals surface area contributed by atoms with Gasteiger partial charge in [0.2, 0.25) is 0 Å². The van der Waals surface area contributed by atoms with Crippen LogP contribution in [0.5, 0.6) is 0 Å². The molecule has 0 aromatic rings. The van der Waals surface area contributed by atoms with Crippen molar-refractivity contribution in [3.63, 3.8) is 0 Å². The number of urea groups is 1. The van der Waals surface area contributed by atoms with E-state index in [1.165, 1.54) is 5.57 Å². The first-order valence-corrected chi connectivity index (χ1v) is 9.13. The van der Waals surface area contributed by atoms with Crippen molar-refractivity contribution < 1.29 is 14.3 Å². The lowest BCUT2D eigenvalue weighted by atomic mass is 9.99. The molecule has 3 fully saturated rings. The van der Waals surface area contributed by atoms with Crippen molar-refractivity contribution in [2.45, 2.75) is 50.9 Å². The molecule has 6 heteroatoms. The molecule has 3 saturated heterocycles. The highest BCUT2D eigenvalue weighted by atomic mass is 16.6. The van der Waals surface area contributed by atoms with E-state index in [1.807, 2.05) is 11.8 Å². The number of ether oxygens (including phenoxy) is 2. The summed E-state index contributed by atoms with van der Waals surface area (Å²) in [5, 5.41) is 3.23. The maximum atomic E-state index is 12.7. The molecule has 3 rings (SSSR count). The number of amides is 2. The van der Waals surface area contributed by atoms with Crippen LogP contribution in [-0.4, -0.2) is 79.5 Å². The van der Waals surface area contributed by atoms with Crippen molar-refractivity contribution in [3.05, 3.63) is 12.2 Å². The zero-order chi connectivity index (χ0) is 17.2. The third kappa shape index (κ3) is 4.29. The average Bonchev–Trinajstić information content (AvgIpc) is 2.95. The van der Waals surface area contributed by atoms with Crippen molar-refractivity contribution in [2.75, 3.05) is 45.9 Å². The molecule has 1 spiro atoms. The van der Waals surface area contributed by atoms with Gasteiger partial charge in [0.25, 0.3) is 0 Å². The lowest BCUT2D eigenvalue weighted by Gasteiger charge is -2.43. The average molecular weight is 337 g/mol. The highest BCUT2D eigenvalue weighted by molar-refractivity contribution is 5.74. The summed E-state index contributed by atoms with van der Waals surface area (Å²) in [5.41, 5.74) is 0.906. The van der Waals surface area contributed by atoms with E-state index in [1.54, 1.807) is 0 Å². The van der Waals surface area contributed by atoms with Crippen molar-refractivity contribution in [1.82, 2.24) is 15.1 Å². The van der Waals surface area contributed by atoms with Crippen LogP contribution in [0.15, 0.2) is 12.2 Å². The van der Waals surface area contributed by atoms with Crippen molar-refractivity contribution in [3.8, 4) is 0 Å². The summed E-state index contributed by atoms with van der Waals surface area (Å²) in [6, 6.07) is 0.322. The van der Waals surface area contributed by atoms with Crippen LogP contribution < -0.4 is 5.32 Å². The van der Waals surface area contributed by atoms with E-state index >= 15 is 0 Å². The van der Waals surface area contributed by atoms with E-state index in [2.05, 4.69) is 23.7 Å². The molecule has 2 atom stereocenters. The quantitative estimate of drug-likeness (QED) is 0.795. The minimum Gasteiger partial charge on any atom is -0.378 e. The summed E-state index contributed by atoms with van der Waals surface area (Å²) < 4.78 is 11.6. The molecular weight excluding hydrogens is 306 g/mol. The van der Waals surface area contributed by atoms with Gasteiger partial charge >= 0.3 is 6.03 Å². The molecule has 0 aromatic heterocycles. The Balaban J connectivity index is 1.49. The molecule has 3 heterocycles. The summed E-state index contributed by atoms with van der Waals surface area (Å²) in [4.78, 5) is 17.0. The highest BCUT2D eigenvalue weighted by Gasteiger charge is 2.44. The van der Waals surface area contributed by atoms with Crippen LogP contribution in [0.25, 0.3) is 0 Å². The van der Waals surface area contributed by atoms with Gasteiger partial charge in [0.1, 0.15) is 5.60 Å². The smallest absolute Gasteiger partial charge is 0.317 e. The third-order valence-corrected chi connectivity index (χ3v) is 5.17. The second kappa shape index (κ2) is 7.42. The molecular formula is C18H31N3O3. The first-order valence-electron chi connectivity index (χ1n) is 9.13. The second-order valence-corrected chi connectivity index (χ2v) is 7.75. The fourth-order valence-corrected chi connectivity index (χ4v) is 4.07. The summed E-state index contributed by atoms with van der Waals surface area (Å²) in [5.74, 6) is 0. The van der Waals surface area contributed by atoms with Crippen LogP contribution in [0.1, 0.15) is 33.1 Å². The third-order valence-electron chi connectivity index (χ3n) is 5.17. The van der Waals surface area contributed by atoms with Gasteiger partial charge in [0.05, 0.1) is 19.3 Å². The Morgan fingerprint density at radius 1 is 1.38 bits per heavy atom. The van der Waals surface area contributed by atoms with Gasteiger partial charge < -0.3 is 19.7 Å². The maximum absolute atomic E-state index is 12.7. The van der Waals surface area contributed by atoms with Crippen LogP contribution in [0.2, 0.25) is 0 Å². The Morgan fingerprint density at radius 2 is 2.12 bits per heavy atom. The van der Waals surface area contributed by atoms with Crippen LogP contribution >= 0.6 is 0 Å². The number of hydrogen-bond acceptors (Lipinski definition) is 4.